The summed E-state index contributed by atoms with van der Waals surface area (Å²) >= 11 is 0. The minimum Gasteiger partial charge on any atom is -0.385 e. The Labute approximate surface area is 150 Å². The molecule has 144 valence electrons. The average Bonchev–Trinajstić information content (AvgIpc) is 2.60. The highest BCUT2D eigenvalue weighted by Gasteiger charge is 2.42. The van der Waals surface area contributed by atoms with Crippen LogP contribution >= 0.6 is 0 Å². The summed E-state index contributed by atoms with van der Waals surface area (Å²) in [5, 5.41) is 0. The van der Waals surface area contributed by atoms with Gasteiger partial charge in [0.2, 0.25) is 0 Å². The van der Waals surface area contributed by atoms with Gasteiger partial charge in [0.25, 0.3) is 15.9 Å². The number of hydrogen-bond acceptors (Lipinski definition) is 7. The van der Waals surface area contributed by atoms with E-state index in [-0.39, 0.29) is 0 Å². The normalized spacial score (nSPS) is 11.8. The van der Waals surface area contributed by atoms with Crippen molar-refractivity contribution < 1.29 is 40.5 Å². The largest absolute Gasteiger partial charge is 0.491 e. The van der Waals surface area contributed by atoms with Crippen LogP contribution in [0.25, 0.3) is 11.4 Å². The summed E-state index contributed by atoms with van der Waals surface area (Å²) in [6, 6.07) is 4.75. The Balaban J connectivity index is 1.92. The molecule has 0 bridgehead atoms. The van der Waals surface area contributed by atoms with Gasteiger partial charge in [0.15, 0.2) is 18.2 Å². The average molecular weight is 405 g/mol. The summed E-state index contributed by atoms with van der Waals surface area (Å²) in [4.78, 5) is 29.7. The third kappa shape index (κ3) is 6.38. The summed E-state index contributed by atoms with van der Waals surface area (Å²) in [7, 11) is -4.09. The lowest BCUT2D eigenvalue weighted by molar-refractivity contribution is -0.677. The van der Waals surface area contributed by atoms with Gasteiger partial charge in [-0.15, -0.1) is 0 Å². The maximum atomic E-state index is 11.9. The first-order chi connectivity index (χ1) is 12.6. The number of ether oxygens (including phenoxy) is 1. The number of rotatable bonds is 6. The van der Waals surface area contributed by atoms with Gasteiger partial charge >= 0.3 is 18.1 Å². The van der Waals surface area contributed by atoms with E-state index in [1.165, 1.54) is 17.0 Å². The number of sulfonamides is 1. The number of carbonyl (C=O) groups is 2. The second-order valence-corrected chi connectivity index (χ2v) is 6.77. The van der Waals surface area contributed by atoms with Gasteiger partial charge < -0.3 is 4.74 Å². The molecule has 0 unspecified atom stereocenters. The van der Waals surface area contributed by atoms with Crippen LogP contribution in [0.3, 0.4) is 0 Å². The molecule has 27 heavy (non-hydrogen) atoms. The predicted molar refractivity (Wildman–Crippen MR) is 81.7 cm³/mol. The van der Waals surface area contributed by atoms with Crippen molar-refractivity contribution in [2.24, 2.45) is 0 Å². The Bertz CT molecular complexity index is 918. The second-order valence-electron chi connectivity index (χ2n) is 5.00. The maximum Gasteiger partial charge on any atom is 0.491 e. The molecule has 0 aliphatic rings. The van der Waals surface area contributed by atoms with Crippen molar-refractivity contribution in [3.05, 3.63) is 43.0 Å². The molecule has 0 saturated carbocycles. The molecule has 2 rings (SSSR count). The van der Waals surface area contributed by atoms with E-state index in [0.717, 1.165) is 0 Å². The van der Waals surface area contributed by atoms with E-state index in [1.807, 2.05) is 0 Å². The quantitative estimate of drug-likeness (QED) is 0.406. The molecule has 2 aromatic heterocycles. The summed E-state index contributed by atoms with van der Waals surface area (Å²) in [5.74, 6) is -4.59. The van der Waals surface area contributed by atoms with Gasteiger partial charge in [-0.05, 0) is 6.07 Å². The molecule has 0 atom stereocenters. The number of aromatic nitrogens is 3. The zero-order chi connectivity index (χ0) is 20.1. The van der Waals surface area contributed by atoms with Crippen molar-refractivity contribution in [1.29, 1.82) is 0 Å². The van der Waals surface area contributed by atoms with E-state index in [1.54, 1.807) is 35.3 Å². The Morgan fingerprint density at radius 1 is 1.15 bits per heavy atom. The Kier molecular flexibility index (Phi) is 6.17. The molecule has 13 heteroatoms. The topological polar surface area (TPSA) is 119 Å². The molecule has 1 N–H and O–H groups in total. The summed E-state index contributed by atoms with van der Waals surface area (Å²) < 4.78 is 66.0. The standard InChI is InChI=1S/C14H12F3N4O5S/c15-14(16,17)13(23)26-11(22)8-20-27(24,25)9-21-6-2-10(3-7-21)12-18-4-1-5-19-12/h1-7,20H,8-9H2/q+1. The first-order valence-electron chi connectivity index (χ1n) is 7.12. The van der Waals surface area contributed by atoms with Crippen molar-refractivity contribution in [2.45, 2.75) is 12.1 Å². The predicted octanol–water partition coefficient (Wildman–Crippen LogP) is -0.0599. The van der Waals surface area contributed by atoms with Crippen LogP contribution in [0.1, 0.15) is 0 Å². The smallest absolute Gasteiger partial charge is 0.385 e. The zero-order valence-electron chi connectivity index (χ0n) is 13.4. The molecule has 0 amide bonds. The fourth-order valence-corrected chi connectivity index (χ4v) is 2.74. The lowest BCUT2D eigenvalue weighted by Crippen LogP contribution is -2.44. The van der Waals surface area contributed by atoms with E-state index in [0.29, 0.717) is 11.4 Å². The number of pyridine rings is 1. The van der Waals surface area contributed by atoms with Crippen LogP contribution in [-0.4, -0.2) is 43.0 Å². The molecule has 0 radical (unpaired) electrons. The highest BCUT2D eigenvalue weighted by atomic mass is 32.2. The Hall–Kier alpha value is -2.93. The van der Waals surface area contributed by atoms with Crippen LogP contribution < -0.4 is 9.29 Å². The Morgan fingerprint density at radius 2 is 1.74 bits per heavy atom. The van der Waals surface area contributed by atoms with Gasteiger partial charge in [0.05, 0.1) is 0 Å². The minimum atomic E-state index is -5.35. The molecule has 9 nitrogen and oxygen atoms in total. The number of hydrogen-bond donors (Lipinski definition) is 1. The lowest BCUT2D eigenvalue weighted by Gasteiger charge is -2.06. The third-order valence-corrected chi connectivity index (χ3v) is 4.13. The van der Waals surface area contributed by atoms with E-state index < -0.39 is 40.6 Å². The monoisotopic (exact) mass is 405 g/mol. The van der Waals surface area contributed by atoms with Crippen LogP contribution in [0, 0.1) is 0 Å². The van der Waals surface area contributed by atoms with Crippen LogP contribution in [0.4, 0.5) is 13.2 Å². The third-order valence-electron chi connectivity index (χ3n) is 2.91. The number of nitrogens with one attached hydrogen (secondary N) is 1. The summed E-state index contributed by atoms with van der Waals surface area (Å²) in [6.07, 6.45) is 0.558. The fourth-order valence-electron chi connectivity index (χ4n) is 1.75. The molecule has 2 aromatic rings. The molecule has 0 fully saturated rings. The summed E-state index contributed by atoms with van der Waals surface area (Å²) in [5.41, 5.74) is 0.631. The van der Waals surface area contributed by atoms with E-state index in [9.17, 15) is 31.2 Å². The van der Waals surface area contributed by atoms with E-state index in [2.05, 4.69) is 14.7 Å². The second kappa shape index (κ2) is 8.18. The number of esters is 2. The highest BCUT2D eigenvalue weighted by molar-refractivity contribution is 7.88. The molecule has 0 saturated heterocycles. The van der Waals surface area contributed by atoms with Gasteiger partial charge in [0.1, 0.15) is 6.54 Å². The van der Waals surface area contributed by atoms with E-state index >= 15 is 0 Å². The first kappa shape index (κ1) is 20.4. The zero-order valence-corrected chi connectivity index (χ0v) is 14.2. The molecule has 0 aliphatic heterocycles. The molecule has 0 aromatic carbocycles. The lowest BCUT2D eigenvalue weighted by atomic mass is 10.2. The van der Waals surface area contributed by atoms with Gasteiger partial charge in [0, 0.05) is 30.1 Å². The minimum absolute atomic E-state index is 0.433. The fraction of sp³-hybridized carbons (Fsp3) is 0.214. The number of alkyl halides is 3. The van der Waals surface area contributed by atoms with Gasteiger partial charge in [-0.25, -0.2) is 23.2 Å². The van der Waals surface area contributed by atoms with Crippen molar-refractivity contribution in [3.8, 4) is 11.4 Å². The number of carbonyl (C=O) groups excluding carboxylic acids is 2. The first-order valence-corrected chi connectivity index (χ1v) is 8.78. The number of nitrogens with zero attached hydrogens (tertiary/aromatic N) is 3. The summed E-state index contributed by atoms with van der Waals surface area (Å²) in [6.45, 7) is -1.12. The van der Waals surface area contributed by atoms with Crippen molar-refractivity contribution in [2.75, 3.05) is 6.54 Å². The van der Waals surface area contributed by atoms with Crippen LogP contribution in [0.15, 0.2) is 43.0 Å². The van der Waals surface area contributed by atoms with Crippen LogP contribution in [-0.2, 0) is 30.2 Å². The van der Waals surface area contributed by atoms with Crippen molar-refractivity contribution >= 4 is 22.0 Å². The molecule has 0 aliphatic carbocycles. The molecule has 0 spiro atoms. The van der Waals surface area contributed by atoms with Crippen molar-refractivity contribution in [1.82, 2.24) is 14.7 Å². The van der Waals surface area contributed by atoms with Gasteiger partial charge in [-0.1, -0.05) is 0 Å². The van der Waals surface area contributed by atoms with Gasteiger partial charge in [-0.2, -0.15) is 22.5 Å². The van der Waals surface area contributed by atoms with Crippen LogP contribution in [0.2, 0.25) is 0 Å². The highest BCUT2D eigenvalue weighted by Crippen LogP contribution is 2.16. The maximum absolute atomic E-state index is 11.9. The molecular formula is C14H12F3N4O5S+. The Morgan fingerprint density at radius 3 is 2.30 bits per heavy atom. The number of halogens is 3. The van der Waals surface area contributed by atoms with Crippen molar-refractivity contribution in [3.63, 3.8) is 0 Å². The van der Waals surface area contributed by atoms with Gasteiger partial charge in [-0.3, -0.25) is 4.79 Å². The van der Waals surface area contributed by atoms with Crippen LogP contribution in [0.5, 0.6) is 0 Å². The molecule has 2 heterocycles. The van der Waals surface area contributed by atoms with E-state index in [4.69, 9.17) is 0 Å². The SMILES string of the molecule is O=C(CNS(=O)(=O)C[n+]1ccc(-c2ncccn2)cc1)OC(=O)C(F)(F)F. The molecular weight excluding hydrogens is 393 g/mol.